The fourth-order valence-electron chi connectivity index (χ4n) is 2.55. The van der Waals surface area contributed by atoms with Crippen LogP contribution in [0.4, 0.5) is 11.4 Å². The van der Waals surface area contributed by atoms with Crippen LogP contribution >= 0.6 is 0 Å². The van der Waals surface area contributed by atoms with E-state index in [4.69, 9.17) is 5.26 Å². The molecule has 1 aromatic heterocycles. The molecule has 0 aliphatic heterocycles. The summed E-state index contributed by atoms with van der Waals surface area (Å²) in [7, 11) is 0. The molecule has 1 heterocycles. The van der Waals surface area contributed by atoms with Gasteiger partial charge in [-0.05, 0) is 30.5 Å². The third kappa shape index (κ3) is 3.41. The first-order chi connectivity index (χ1) is 11.5. The van der Waals surface area contributed by atoms with Crippen molar-refractivity contribution in [3.05, 3.63) is 61.1 Å². The number of nitrogens with one attached hydrogen (secondary N) is 2. The van der Waals surface area contributed by atoms with E-state index in [2.05, 4.69) is 15.5 Å². The van der Waals surface area contributed by atoms with Crippen LogP contribution in [-0.4, -0.2) is 15.1 Å². The van der Waals surface area contributed by atoms with Gasteiger partial charge < -0.3 is 5.32 Å². The molecule has 0 bridgehead atoms. The van der Waals surface area contributed by atoms with E-state index in [1.165, 1.54) is 18.2 Å². The number of nitro benzene ring substituents is 1. The minimum absolute atomic E-state index is 0.140. The average Bonchev–Trinajstić information content (AvgIpc) is 2.60. The number of H-pyrrole nitrogens is 1. The van der Waals surface area contributed by atoms with Crippen molar-refractivity contribution in [3.8, 4) is 6.07 Å². The van der Waals surface area contributed by atoms with Crippen molar-refractivity contribution < 1.29 is 4.92 Å². The third-order valence-electron chi connectivity index (χ3n) is 3.75. The van der Waals surface area contributed by atoms with E-state index in [9.17, 15) is 14.9 Å². The Labute approximate surface area is 138 Å². The number of anilines is 1. The Hall–Kier alpha value is -3.21. The van der Waals surface area contributed by atoms with Crippen LogP contribution in [-0.2, 0) is 19.4 Å². The van der Waals surface area contributed by atoms with Gasteiger partial charge in [-0.1, -0.05) is 13.8 Å². The summed E-state index contributed by atoms with van der Waals surface area (Å²) in [5.41, 5.74) is 2.13. The lowest BCUT2D eigenvalue weighted by atomic mass is 10.0. The Morgan fingerprint density at radius 2 is 2.08 bits per heavy atom. The molecular formula is C16H17N5O3. The largest absolute Gasteiger partial charge is 0.375 e. The quantitative estimate of drug-likeness (QED) is 0.619. The first kappa shape index (κ1) is 17.1. The molecule has 2 aromatic rings. The standard InChI is InChI=1S/C16H17N5O3/c1-3-11-12(16(22)20-19-13(11)4-2)9-18-14-6-5-10(8-17)7-15(14)21(23)24/h5-7,18H,3-4,9H2,1-2H3,(H,20,22). The van der Waals surface area contributed by atoms with E-state index < -0.39 is 4.92 Å². The fraction of sp³-hybridized carbons (Fsp3) is 0.312. The van der Waals surface area contributed by atoms with Gasteiger partial charge in [-0.25, -0.2) is 5.10 Å². The fourth-order valence-corrected chi connectivity index (χ4v) is 2.55. The summed E-state index contributed by atoms with van der Waals surface area (Å²) in [5.74, 6) is 0. The predicted molar refractivity (Wildman–Crippen MR) is 88.8 cm³/mol. The summed E-state index contributed by atoms with van der Waals surface area (Å²) in [4.78, 5) is 22.7. The Balaban J connectivity index is 2.37. The second-order valence-corrected chi connectivity index (χ2v) is 5.12. The SMILES string of the molecule is CCc1n[nH]c(=O)c(CNc2ccc(C#N)cc2[N+](=O)[O-])c1CC. The van der Waals surface area contributed by atoms with Crippen molar-refractivity contribution in [2.75, 3.05) is 5.32 Å². The second kappa shape index (κ2) is 7.37. The van der Waals surface area contributed by atoms with Crippen LogP contribution in [0.15, 0.2) is 23.0 Å². The topological polar surface area (TPSA) is 125 Å². The molecule has 0 saturated heterocycles. The van der Waals surface area contributed by atoms with Crippen molar-refractivity contribution in [2.45, 2.75) is 33.2 Å². The normalized spacial score (nSPS) is 10.2. The number of aromatic nitrogens is 2. The number of hydrogen-bond acceptors (Lipinski definition) is 6. The van der Waals surface area contributed by atoms with Crippen LogP contribution in [0.3, 0.4) is 0 Å². The number of aromatic amines is 1. The smallest absolute Gasteiger partial charge is 0.293 e. The molecule has 0 unspecified atom stereocenters. The molecule has 24 heavy (non-hydrogen) atoms. The Bertz CT molecular complexity index is 867. The summed E-state index contributed by atoms with van der Waals surface area (Å²) >= 11 is 0. The van der Waals surface area contributed by atoms with Gasteiger partial charge in [-0.2, -0.15) is 10.4 Å². The van der Waals surface area contributed by atoms with Gasteiger partial charge in [0.15, 0.2) is 0 Å². The van der Waals surface area contributed by atoms with Crippen LogP contribution in [0.25, 0.3) is 0 Å². The van der Waals surface area contributed by atoms with Crippen LogP contribution < -0.4 is 10.9 Å². The molecule has 0 fully saturated rings. The number of nitriles is 1. The highest BCUT2D eigenvalue weighted by atomic mass is 16.6. The van der Waals surface area contributed by atoms with E-state index in [-0.39, 0.29) is 29.0 Å². The maximum atomic E-state index is 12.1. The molecule has 0 spiro atoms. The van der Waals surface area contributed by atoms with Crippen LogP contribution in [0.5, 0.6) is 0 Å². The summed E-state index contributed by atoms with van der Waals surface area (Å²) in [5, 5.41) is 29.5. The molecule has 8 heteroatoms. The molecule has 0 aliphatic rings. The highest BCUT2D eigenvalue weighted by Crippen LogP contribution is 2.26. The number of aryl methyl sites for hydroxylation is 1. The molecule has 0 radical (unpaired) electrons. The van der Waals surface area contributed by atoms with Gasteiger partial charge in [-0.3, -0.25) is 14.9 Å². The Morgan fingerprint density at radius 3 is 2.67 bits per heavy atom. The first-order valence-corrected chi connectivity index (χ1v) is 7.53. The van der Waals surface area contributed by atoms with Gasteiger partial charge in [0.2, 0.25) is 0 Å². The second-order valence-electron chi connectivity index (χ2n) is 5.12. The van der Waals surface area contributed by atoms with Crippen molar-refractivity contribution >= 4 is 11.4 Å². The molecule has 0 saturated carbocycles. The van der Waals surface area contributed by atoms with Crippen LogP contribution in [0.2, 0.25) is 0 Å². The van der Waals surface area contributed by atoms with Crippen LogP contribution in [0, 0.1) is 21.4 Å². The summed E-state index contributed by atoms with van der Waals surface area (Å²) in [6.45, 7) is 4.02. The zero-order valence-corrected chi connectivity index (χ0v) is 13.4. The van der Waals surface area contributed by atoms with Gasteiger partial charge in [0, 0.05) is 18.2 Å². The summed E-state index contributed by atoms with van der Waals surface area (Å²) in [6.07, 6.45) is 1.33. The van der Waals surface area contributed by atoms with E-state index >= 15 is 0 Å². The molecule has 1 aromatic carbocycles. The van der Waals surface area contributed by atoms with Gasteiger partial charge in [-0.15, -0.1) is 0 Å². The number of nitro groups is 1. The zero-order chi connectivity index (χ0) is 17.7. The molecular weight excluding hydrogens is 310 g/mol. The van der Waals surface area contributed by atoms with Gasteiger partial charge in [0.1, 0.15) is 5.69 Å². The maximum Gasteiger partial charge on any atom is 0.293 e. The minimum Gasteiger partial charge on any atom is -0.375 e. The van der Waals surface area contributed by atoms with E-state index in [0.29, 0.717) is 18.4 Å². The molecule has 124 valence electrons. The summed E-state index contributed by atoms with van der Waals surface area (Å²) in [6, 6.07) is 6.04. The lowest BCUT2D eigenvalue weighted by molar-refractivity contribution is -0.384. The lowest BCUT2D eigenvalue weighted by Crippen LogP contribution is -2.22. The Morgan fingerprint density at radius 1 is 1.33 bits per heavy atom. The predicted octanol–water partition coefficient (Wildman–Crippen LogP) is 2.29. The monoisotopic (exact) mass is 327 g/mol. The van der Waals surface area contributed by atoms with Crippen molar-refractivity contribution in [1.29, 1.82) is 5.26 Å². The summed E-state index contributed by atoms with van der Waals surface area (Å²) < 4.78 is 0. The molecule has 0 amide bonds. The van der Waals surface area contributed by atoms with E-state index in [1.54, 1.807) is 0 Å². The third-order valence-corrected chi connectivity index (χ3v) is 3.75. The van der Waals surface area contributed by atoms with Gasteiger partial charge in [0.05, 0.1) is 22.2 Å². The van der Waals surface area contributed by atoms with Crippen LogP contribution in [0.1, 0.15) is 36.2 Å². The number of hydrogen-bond donors (Lipinski definition) is 2. The average molecular weight is 327 g/mol. The molecule has 0 aliphatic carbocycles. The Kier molecular flexibility index (Phi) is 5.27. The zero-order valence-electron chi connectivity index (χ0n) is 13.4. The first-order valence-electron chi connectivity index (χ1n) is 7.53. The minimum atomic E-state index is -0.557. The van der Waals surface area contributed by atoms with Crippen molar-refractivity contribution in [3.63, 3.8) is 0 Å². The molecule has 0 atom stereocenters. The highest BCUT2D eigenvalue weighted by molar-refractivity contribution is 5.64. The number of rotatable bonds is 6. The number of nitrogens with zero attached hydrogens (tertiary/aromatic N) is 3. The molecule has 8 nitrogen and oxygen atoms in total. The van der Waals surface area contributed by atoms with Gasteiger partial charge >= 0.3 is 0 Å². The highest BCUT2D eigenvalue weighted by Gasteiger charge is 2.17. The van der Waals surface area contributed by atoms with Crippen molar-refractivity contribution in [1.82, 2.24) is 10.2 Å². The maximum absolute atomic E-state index is 12.1. The van der Waals surface area contributed by atoms with Crippen molar-refractivity contribution in [2.24, 2.45) is 0 Å². The van der Waals surface area contributed by atoms with E-state index in [0.717, 1.165) is 11.3 Å². The molecule has 2 N–H and O–H groups in total. The lowest BCUT2D eigenvalue weighted by Gasteiger charge is -2.12. The van der Waals surface area contributed by atoms with Gasteiger partial charge in [0.25, 0.3) is 11.2 Å². The molecule has 2 rings (SSSR count). The van der Waals surface area contributed by atoms with E-state index in [1.807, 2.05) is 19.9 Å². The number of benzene rings is 1.